The molecule has 0 radical (unpaired) electrons. The van der Waals surface area contributed by atoms with Crippen LogP contribution < -0.4 is 0 Å². The van der Waals surface area contributed by atoms with Crippen molar-refractivity contribution in [3.8, 4) is 6.07 Å². The molecule has 1 aliphatic carbocycles. The molecule has 1 aromatic heterocycles. The van der Waals surface area contributed by atoms with E-state index >= 15 is 0 Å². The van der Waals surface area contributed by atoms with E-state index in [1.165, 1.54) is 0 Å². The molecule has 2 atom stereocenters. The van der Waals surface area contributed by atoms with E-state index in [4.69, 9.17) is 5.26 Å². The van der Waals surface area contributed by atoms with Crippen molar-refractivity contribution in [1.29, 1.82) is 5.26 Å². The van der Waals surface area contributed by atoms with Gasteiger partial charge in [0.25, 0.3) is 0 Å². The largest absolute Gasteiger partial charge is 0.262 e. The lowest BCUT2D eigenvalue weighted by Crippen LogP contribution is -2.07. The molecule has 0 saturated heterocycles. The second-order valence-corrected chi connectivity index (χ2v) is 4.73. The van der Waals surface area contributed by atoms with Gasteiger partial charge in [0.2, 0.25) is 5.16 Å². The Kier molecular flexibility index (Phi) is 2.73. The van der Waals surface area contributed by atoms with Crippen LogP contribution in [-0.2, 0) is 0 Å². The predicted octanol–water partition coefficient (Wildman–Crippen LogP) is 1.90. The van der Waals surface area contributed by atoms with Gasteiger partial charge in [-0.1, -0.05) is 18.2 Å². The van der Waals surface area contributed by atoms with Gasteiger partial charge in [0.1, 0.15) is 5.82 Å². The molecule has 74 valence electrons. The lowest BCUT2D eigenvalue weighted by molar-refractivity contribution is 0.712. The Labute approximate surface area is 87.1 Å². The van der Waals surface area contributed by atoms with Crippen LogP contribution in [0, 0.1) is 24.2 Å². The Morgan fingerprint density at radius 3 is 3.07 bits per heavy atom. The Morgan fingerprint density at radius 1 is 1.57 bits per heavy atom. The second kappa shape index (κ2) is 4.01. The highest BCUT2D eigenvalue weighted by atomic mass is 32.2. The number of hydrogen-bond acceptors (Lipinski definition) is 4. The Hall–Kier alpha value is -1.02. The standard InChI is InChI=1S/C9H12N4S/c1-6-11-9(13-12-6)14-8-4-2-3-7(8)5-10/h7-8H,2-4H2,1H3,(H,11,12,13). The van der Waals surface area contributed by atoms with Gasteiger partial charge in [-0.2, -0.15) is 5.26 Å². The molecule has 0 aliphatic heterocycles. The van der Waals surface area contributed by atoms with E-state index in [9.17, 15) is 0 Å². The first-order valence-electron chi connectivity index (χ1n) is 4.75. The van der Waals surface area contributed by atoms with Gasteiger partial charge in [-0.25, -0.2) is 4.98 Å². The summed E-state index contributed by atoms with van der Waals surface area (Å²) in [6, 6.07) is 2.35. The lowest BCUT2D eigenvalue weighted by atomic mass is 10.1. The van der Waals surface area contributed by atoms with E-state index in [2.05, 4.69) is 21.3 Å². The average molecular weight is 208 g/mol. The number of thioether (sulfide) groups is 1. The van der Waals surface area contributed by atoms with E-state index in [1.807, 2.05) is 6.92 Å². The fourth-order valence-electron chi connectivity index (χ4n) is 1.73. The molecule has 0 amide bonds. The van der Waals surface area contributed by atoms with Crippen LogP contribution in [0.3, 0.4) is 0 Å². The molecule has 14 heavy (non-hydrogen) atoms. The first-order valence-corrected chi connectivity index (χ1v) is 5.63. The summed E-state index contributed by atoms with van der Waals surface area (Å²) >= 11 is 1.63. The van der Waals surface area contributed by atoms with Crippen LogP contribution in [0.5, 0.6) is 0 Å². The van der Waals surface area contributed by atoms with Gasteiger partial charge in [0.15, 0.2) is 0 Å². The third-order valence-corrected chi connectivity index (χ3v) is 3.71. The number of hydrogen-bond donors (Lipinski definition) is 1. The number of rotatable bonds is 2. The van der Waals surface area contributed by atoms with E-state index in [0.717, 1.165) is 30.2 Å². The third kappa shape index (κ3) is 1.90. The molecule has 1 saturated carbocycles. The van der Waals surface area contributed by atoms with Gasteiger partial charge >= 0.3 is 0 Å². The van der Waals surface area contributed by atoms with Crippen LogP contribution in [0.4, 0.5) is 0 Å². The highest BCUT2D eigenvalue weighted by Gasteiger charge is 2.28. The van der Waals surface area contributed by atoms with Crippen molar-refractivity contribution < 1.29 is 0 Å². The van der Waals surface area contributed by atoms with E-state index < -0.39 is 0 Å². The zero-order chi connectivity index (χ0) is 9.97. The van der Waals surface area contributed by atoms with Crippen molar-refractivity contribution in [2.75, 3.05) is 0 Å². The Morgan fingerprint density at radius 2 is 2.43 bits per heavy atom. The molecule has 0 spiro atoms. The van der Waals surface area contributed by atoms with Crippen molar-refractivity contribution >= 4 is 11.8 Å². The minimum Gasteiger partial charge on any atom is -0.262 e. The minimum absolute atomic E-state index is 0.179. The molecule has 1 aliphatic rings. The molecular weight excluding hydrogens is 196 g/mol. The van der Waals surface area contributed by atoms with Crippen molar-refractivity contribution in [1.82, 2.24) is 15.2 Å². The van der Waals surface area contributed by atoms with Crippen LogP contribution in [0.1, 0.15) is 25.1 Å². The van der Waals surface area contributed by atoms with E-state index in [0.29, 0.717) is 5.25 Å². The van der Waals surface area contributed by atoms with Gasteiger partial charge < -0.3 is 0 Å². The molecule has 2 unspecified atom stereocenters. The SMILES string of the molecule is Cc1nc(SC2CCCC2C#N)n[nH]1. The van der Waals surface area contributed by atoms with Crippen LogP contribution in [-0.4, -0.2) is 20.4 Å². The predicted molar refractivity (Wildman–Crippen MR) is 53.7 cm³/mol. The molecule has 0 aromatic carbocycles. The normalized spacial score (nSPS) is 26.3. The number of nitriles is 1. The summed E-state index contributed by atoms with van der Waals surface area (Å²) < 4.78 is 0. The quantitative estimate of drug-likeness (QED) is 0.806. The van der Waals surface area contributed by atoms with Crippen LogP contribution in [0.25, 0.3) is 0 Å². The fraction of sp³-hybridized carbons (Fsp3) is 0.667. The number of aryl methyl sites for hydroxylation is 1. The summed E-state index contributed by atoms with van der Waals surface area (Å²) in [5, 5.41) is 16.9. The summed E-state index contributed by atoms with van der Waals surface area (Å²) in [4.78, 5) is 4.23. The fourth-order valence-corrected chi connectivity index (χ4v) is 2.93. The summed E-state index contributed by atoms with van der Waals surface area (Å²) in [5.41, 5.74) is 0. The molecule has 1 aromatic rings. The van der Waals surface area contributed by atoms with Crippen molar-refractivity contribution in [3.63, 3.8) is 0 Å². The lowest BCUT2D eigenvalue weighted by Gasteiger charge is -2.08. The van der Waals surface area contributed by atoms with Gasteiger partial charge in [-0.15, -0.1) is 5.10 Å². The van der Waals surface area contributed by atoms with Crippen LogP contribution in [0.2, 0.25) is 0 Å². The molecular formula is C9H12N4S. The maximum Gasteiger partial charge on any atom is 0.208 e. The smallest absolute Gasteiger partial charge is 0.208 e. The minimum atomic E-state index is 0.179. The Balaban J connectivity index is 2.01. The molecule has 1 N–H and O–H groups in total. The Bertz CT molecular complexity index is 354. The van der Waals surface area contributed by atoms with Crippen molar-refractivity contribution in [3.05, 3.63) is 5.82 Å². The number of aromatic nitrogens is 3. The second-order valence-electron chi connectivity index (χ2n) is 3.53. The van der Waals surface area contributed by atoms with Gasteiger partial charge in [-0.3, -0.25) is 5.10 Å². The van der Waals surface area contributed by atoms with Gasteiger partial charge in [0, 0.05) is 5.25 Å². The van der Waals surface area contributed by atoms with E-state index in [-0.39, 0.29) is 5.92 Å². The first kappa shape index (κ1) is 9.53. The zero-order valence-corrected chi connectivity index (χ0v) is 8.84. The molecule has 5 heteroatoms. The topological polar surface area (TPSA) is 65.4 Å². The summed E-state index contributed by atoms with van der Waals surface area (Å²) in [5.74, 6) is 1.01. The maximum absolute atomic E-state index is 8.91. The number of nitrogens with zero attached hydrogens (tertiary/aromatic N) is 3. The summed E-state index contributed by atoms with van der Waals surface area (Å²) in [7, 11) is 0. The third-order valence-electron chi connectivity index (χ3n) is 2.45. The maximum atomic E-state index is 8.91. The number of aromatic amines is 1. The molecule has 2 rings (SSSR count). The van der Waals surface area contributed by atoms with Crippen LogP contribution in [0.15, 0.2) is 5.16 Å². The highest BCUT2D eigenvalue weighted by molar-refractivity contribution is 7.99. The summed E-state index contributed by atoms with van der Waals surface area (Å²) in [6.45, 7) is 1.88. The molecule has 0 bridgehead atoms. The molecule has 1 heterocycles. The first-order chi connectivity index (χ1) is 6.79. The van der Waals surface area contributed by atoms with Gasteiger partial charge in [-0.05, 0) is 19.8 Å². The van der Waals surface area contributed by atoms with Crippen molar-refractivity contribution in [2.24, 2.45) is 5.92 Å². The zero-order valence-electron chi connectivity index (χ0n) is 8.03. The molecule has 1 fully saturated rings. The van der Waals surface area contributed by atoms with E-state index in [1.54, 1.807) is 11.8 Å². The summed E-state index contributed by atoms with van der Waals surface area (Å²) in [6.07, 6.45) is 3.29. The van der Waals surface area contributed by atoms with Crippen molar-refractivity contribution in [2.45, 2.75) is 36.6 Å². The number of H-pyrrole nitrogens is 1. The molecule has 4 nitrogen and oxygen atoms in total. The van der Waals surface area contributed by atoms with Gasteiger partial charge in [0.05, 0.1) is 12.0 Å². The average Bonchev–Trinajstić information content (AvgIpc) is 2.76. The monoisotopic (exact) mass is 208 g/mol. The van der Waals surface area contributed by atoms with Crippen LogP contribution >= 0.6 is 11.8 Å². The number of nitrogens with one attached hydrogen (secondary N) is 1. The highest BCUT2D eigenvalue weighted by Crippen LogP contribution is 2.37.